The SMILES string of the molecule is CCCCc1ccc([C@H](N)CC(=O)O)cc1. The third-order valence-electron chi connectivity index (χ3n) is 2.62. The average Bonchev–Trinajstić information content (AvgIpc) is 2.26. The van der Waals surface area contributed by atoms with E-state index >= 15 is 0 Å². The molecule has 3 heteroatoms. The zero-order valence-corrected chi connectivity index (χ0v) is 9.65. The predicted molar refractivity (Wildman–Crippen MR) is 64.2 cm³/mol. The molecule has 0 radical (unpaired) electrons. The molecule has 0 saturated carbocycles. The van der Waals surface area contributed by atoms with Crippen LogP contribution in [-0.2, 0) is 11.2 Å². The standard InChI is InChI=1S/C13H19NO2/c1-2-3-4-10-5-7-11(8-6-10)12(14)9-13(15)16/h5-8,12H,2-4,9,14H2,1H3,(H,15,16)/t12-/m1/s1. The van der Waals surface area contributed by atoms with E-state index in [2.05, 4.69) is 6.92 Å². The van der Waals surface area contributed by atoms with E-state index in [1.807, 2.05) is 24.3 Å². The quantitative estimate of drug-likeness (QED) is 0.775. The van der Waals surface area contributed by atoms with Crippen molar-refractivity contribution in [3.05, 3.63) is 35.4 Å². The van der Waals surface area contributed by atoms with Crippen LogP contribution in [0.1, 0.15) is 43.4 Å². The molecule has 0 amide bonds. The maximum absolute atomic E-state index is 10.5. The molecule has 0 aliphatic carbocycles. The zero-order chi connectivity index (χ0) is 12.0. The van der Waals surface area contributed by atoms with Crippen molar-refractivity contribution >= 4 is 5.97 Å². The van der Waals surface area contributed by atoms with E-state index in [1.165, 1.54) is 18.4 Å². The first kappa shape index (κ1) is 12.7. The maximum atomic E-state index is 10.5. The molecule has 0 aliphatic heterocycles. The lowest BCUT2D eigenvalue weighted by molar-refractivity contribution is -0.137. The van der Waals surface area contributed by atoms with Crippen LogP contribution >= 0.6 is 0 Å². The molecule has 1 rings (SSSR count). The van der Waals surface area contributed by atoms with Crippen LogP contribution < -0.4 is 5.73 Å². The Balaban J connectivity index is 2.59. The number of rotatable bonds is 6. The summed E-state index contributed by atoms with van der Waals surface area (Å²) in [5, 5.41) is 8.64. The number of unbranched alkanes of at least 4 members (excludes halogenated alkanes) is 1. The molecule has 1 aromatic rings. The van der Waals surface area contributed by atoms with Gasteiger partial charge in [0, 0.05) is 6.04 Å². The van der Waals surface area contributed by atoms with E-state index in [4.69, 9.17) is 10.8 Å². The number of aliphatic carboxylic acids is 1. The Morgan fingerprint density at radius 1 is 1.38 bits per heavy atom. The molecule has 0 bridgehead atoms. The normalized spacial score (nSPS) is 12.4. The highest BCUT2D eigenvalue weighted by atomic mass is 16.4. The Labute approximate surface area is 96.3 Å². The number of aryl methyl sites for hydroxylation is 1. The van der Waals surface area contributed by atoms with Crippen LogP contribution in [-0.4, -0.2) is 11.1 Å². The van der Waals surface area contributed by atoms with Crippen LogP contribution in [0, 0.1) is 0 Å². The van der Waals surface area contributed by atoms with Gasteiger partial charge in [-0.15, -0.1) is 0 Å². The summed E-state index contributed by atoms with van der Waals surface area (Å²) in [7, 11) is 0. The average molecular weight is 221 g/mol. The van der Waals surface area contributed by atoms with Crippen molar-refractivity contribution in [1.82, 2.24) is 0 Å². The van der Waals surface area contributed by atoms with Crippen LogP contribution in [0.3, 0.4) is 0 Å². The minimum atomic E-state index is -0.859. The largest absolute Gasteiger partial charge is 0.481 e. The summed E-state index contributed by atoms with van der Waals surface area (Å²) < 4.78 is 0. The Bertz CT molecular complexity index is 332. The highest BCUT2D eigenvalue weighted by Gasteiger charge is 2.09. The minimum Gasteiger partial charge on any atom is -0.481 e. The molecule has 1 atom stereocenters. The fraction of sp³-hybridized carbons (Fsp3) is 0.462. The maximum Gasteiger partial charge on any atom is 0.305 e. The summed E-state index contributed by atoms with van der Waals surface area (Å²) in [6, 6.07) is 7.52. The van der Waals surface area contributed by atoms with Gasteiger partial charge in [0.05, 0.1) is 6.42 Å². The highest BCUT2D eigenvalue weighted by Crippen LogP contribution is 2.15. The molecule has 88 valence electrons. The smallest absolute Gasteiger partial charge is 0.305 e. The second kappa shape index (κ2) is 6.28. The summed E-state index contributed by atoms with van der Waals surface area (Å²) in [6.07, 6.45) is 3.42. The molecule has 0 spiro atoms. The lowest BCUT2D eigenvalue weighted by Gasteiger charge is -2.10. The van der Waals surface area contributed by atoms with Crippen molar-refractivity contribution in [3.8, 4) is 0 Å². The first-order valence-corrected chi connectivity index (χ1v) is 5.69. The number of carboxylic acids is 1. The van der Waals surface area contributed by atoms with E-state index < -0.39 is 12.0 Å². The Kier molecular flexibility index (Phi) is 4.99. The minimum absolute atomic E-state index is 0.0195. The Morgan fingerprint density at radius 2 is 2.00 bits per heavy atom. The molecule has 0 saturated heterocycles. The van der Waals surface area contributed by atoms with E-state index in [0.717, 1.165) is 12.0 Å². The summed E-state index contributed by atoms with van der Waals surface area (Å²) >= 11 is 0. The molecular formula is C13H19NO2. The number of hydrogen-bond donors (Lipinski definition) is 2. The van der Waals surface area contributed by atoms with Gasteiger partial charge < -0.3 is 10.8 Å². The van der Waals surface area contributed by atoms with Crippen LogP contribution in [0.5, 0.6) is 0 Å². The van der Waals surface area contributed by atoms with Gasteiger partial charge in [-0.2, -0.15) is 0 Å². The van der Waals surface area contributed by atoms with Gasteiger partial charge in [-0.05, 0) is 24.0 Å². The van der Waals surface area contributed by atoms with E-state index in [-0.39, 0.29) is 6.42 Å². The molecule has 1 aromatic carbocycles. The summed E-state index contributed by atoms with van der Waals surface area (Å²) in [4.78, 5) is 10.5. The number of benzene rings is 1. The molecule has 3 N–H and O–H groups in total. The molecule has 0 unspecified atom stereocenters. The Hall–Kier alpha value is -1.35. The van der Waals surface area contributed by atoms with Gasteiger partial charge in [-0.3, -0.25) is 4.79 Å². The van der Waals surface area contributed by atoms with Crippen molar-refractivity contribution in [3.63, 3.8) is 0 Å². The first-order valence-electron chi connectivity index (χ1n) is 5.69. The lowest BCUT2D eigenvalue weighted by atomic mass is 10.0. The second-order valence-electron chi connectivity index (χ2n) is 4.05. The van der Waals surface area contributed by atoms with Gasteiger partial charge >= 0.3 is 5.97 Å². The molecular weight excluding hydrogens is 202 g/mol. The third-order valence-corrected chi connectivity index (χ3v) is 2.62. The first-order chi connectivity index (χ1) is 7.63. The van der Waals surface area contributed by atoms with Gasteiger partial charge in [0.15, 0.2) is 0 Å². The van der Waals surface area contributed by atoms with E-state index in [0.29, 0.717) is 0 Å². The number of carbonyl (C=O) groups is 1. The molecule has 0 aromatic heterocycles. The van der Waals surface area contributed by atoms with Gasteiger partial charge in [0.1, 0.15) is 0 Å². The zero-order valence-electron chi connectivity index (χ0n) is 9.65. The van der Waals surface area contributed by atoms with Gasteiger partial charge in [-0.25, -0.2) is 0 Å². The highest BCUT2D eigenvalue weighted by molar-refractivity contribution is 5.67. The van der Waals surface area contributed by atoms with Crippen LogP contribution in [0.4, 0.5) is 0 Å². The van der Waals surface area contributed by atoms with Gasteiger partial charge in [0.2, 0.25) is 0 Å². The molecule has 3 nitrogen and oxygen atoms in total. The molecule has 0 heterocycles. The van der Waals surface area contributed by atoms with Crippen LogP contribution in [0.15, 0.2) is 24.3 Å². The van der Waals surface area contributed by atoms with Crippen LogP contribution in [0.2, 0.25) is 0 Å². The van der Waals surface area contributed by atoms with Crippen molar-refractivity contribution in [2.24, 2.45) is 5.73 Å². The fourth-order valence-corrected chi connectivity index (χ4v) is 1.62. The van der Waals surface area contributed by atoms with Crippen molar-refractivity contribution in [1.29, 1.82) is 0 Å². The molecule has 0 fully saturated rings. The monoisotopic (exact) mass is 221 g/mol. The van der Waals surface area contributed by atoms with Crippen molar-refractivity contribution < 1.29 is 9.90 Å². The number of carboxylic acid groups (broad SMARTS) is 1. The summed E-state index contributed by atoms with van der Waals surface area (Å²) in [5.41, 5.74) is 7.94. The number of hydrogen-bond acceptors (Lipinski definition) is 2. The topological polar surface area (TPSA) is 63.3 Å². The van der Waals surface area contributed by atoms with Crippen molar-refractivity contribution in [2.45, 2.75) is 38.6 Å². The van der Waals surface area contributed by atoms with E-state index in [1.54, 1.807) is 0 Å². The third kappa shape index (κ3) is 4.03. The van der Waals surface area contributed by atoms with Gasteiger partial charge in [0.25, 0.3) is 0 Å². The van der Waals surface area contributed by atoms with E-state index in [9.17, 15) is 4.79 Å². The fourth-order valence-electron chi connectivity index (χ4n) is 1.62. The Morgan fingerprint density at radius 3 is 2.50 bits per heavy atom. The summed E-state index contributed by atoms with van der Waals surface area (Å²) in [5.74, 6) is -0.859. The van der Waals surface area contributed by atoms with Crippen molar-refractivity contribution in [2.75, 3.05) is 0 Å². The lowest BCUT2D eigenvalue weighted by Crippen LogP contribution is -2.14. The van der Waals surface area contributed by atoms with Gasteiger partial charge in [-0.1, -0.05) is 37.6 Å². The predicted octanol–water partition coefficient (Wildman–Crippen LogP) is 2.50. The number of nitrogens with two attached hydrogens (primary N) is 1. The molecule has 0 aliphatic rings. The van der Waals surface area contributed by atoms with Crippen LogP contribution in [0.25, 0.3) is 0 Å². The summed E-state index contributed by atoms with van der Waals surface area (Å²) in [6.45, 7) is 2.16. The molecule has 16 heavy (non-hydrogen) atoms. The second-order valence-corrected chi connectivity index (χ2v) is 4.05.